The van der Waals surface area contributed by atoms with E-state index in [9.17, 15) is 14.7 Å². The lowest BCUT2D eigenvalue weighted by molar-refractivity contribution is 0.0697. The van der Waals surface area contributed by atoms with Crippen molar-refractivity contribution in [3.05, 3.63) is 58.4 Å². The van der Waals surface area contributed by atoms with E-state index in [0.717, 1.165) is 4.70 Å². The van der Waals surface area contributed by atoms with Gasteiger partial charge in [0.15, 0.2) is 0 Å². The van der Waals surface area contributed by atoms with Gasteiger partial charge in [-0.25, -0.2) is 8.75 Å². The summed E-state index contributed by atoms with van der Waals surface area (Å²) in [6.45, 7) is 0. The summed E-state index contributed by atoms with van der Waals surface area (Å²) in [6.07, 6.45) is 0. The minimum absolute atomic E-state index is 0.0489. The maximum atomic E-state index is 12.4. The standard InChI is InChI=1S/C14H10N2O3S/c15-8-5-6-9(14(18)19)11(7-8)16-13(17)10-3-1-2-4-12(10)20-16/h1-7H,15H2,(H,18,19). The van der Waals surface area contributed by atoms with Crippen LogP contribution in [-0.2, 0) is 0 Å². The van der Waals surface area contributed by atoms with E-state index in [2.05, 4.69) is 0 Å². The van der Waals surface area contributed by atoms with Gasteiger partial charge in [-0.2, -0.15) is 0 Å². The highest BCUT2D eigenvalue weighted by Gasteiger charge is 2.16. The van der Waals surface area contributed by atoms with Crippen molar-refractivity contribution in [2.24, 2.45) is 0 Å². The summed E-state index contributed by atoms with van der Waals surface area (Å²) in [6, 6.07) is 11.6. The van der Waals surface area contributed by atoms with Gasteiger partial charge in [-0.05, 0) is 30.3 Å². The Morgan fingerprint density at radius 2 is 1.95 bits per heavy atom. The topological polar surface area (TPSA) is 85.3 Å². The number of nitrogen functional groups attached to an aromatic ring is 1. The number of nitrogens with two attached hydrogens (primary N) is 1. The summed E-state index contributed by atoms with van der Waals surface area (Å²) in [4.78, 5) is 23.6. The van der Waals surface area contributed by atoms with Gasteiger partial charge in [-0.1, -0.05) is 23.7 Å². The first kappa shape index (κ1) is 12.4. The second-order valence-corrected chi connectivity index (χ2v) is 5.26. The molecule has 1 heterocycles. The van der Waals surface area contributed by atoms with Crippen molar-refractivity contribution in [1.82, 2.24) is 3.96 Å². The molecule has 0 aliphatic heterocycles. The molecule has 0 aliphatic carbocycles. The summed E-state index contributed by atoms with van der Waals surface area (Å²) < 4.78 is 2.17. The third kappa shape index (κ3) is 1.86. The van der Waals surface area contributed by atoms with Gasteiger partial charge in [0.25, 0.3) is 5.56 Å². The molecule has 3 N–H and O–H groups in total. The van der Waals surface area contributed by atoms with Crippen LogP contribution in [0.25, 0.3) is 15.8 Å². The van der Waals surface area contributed by atoms with Gasteiger partial charge in [0, 0.05) is 5.69 Å². The smallest absolute Gasteiger partial charge is 0.337 e. The molecule has 20 heavy (non-hydrogen) atoms. The Morgan fingerprint density at radius 3 is 2.65 bits per heavy atom. The van der Waals surface area contributed by atoms with Crippen LogP contribution in [-0.4, -0.2) is 15.0 Å². The molecular formula is C14H10N2O3S. The molecule has 0 bridgehead atoms. The largest absolute Gasteiger partial charge is 0.478 e. The number of carboxylic acids is 1. The third-order valence-corrected chi connectivity index (χ3v) is 4.06. The van der Waals surface area contributed by atoms with Crippen LogP contribution in [0.3, 0.4) is 0 Å². The maximum absolute atomic E-state index is 12.4. The molecule has 0 fully saturated rings. The van der Waals surface area contributed by atoms with E-state index in [0.29, 0.717) is 16.8 Å². The van der Waals surface area contributed by atoms with E-state index >= 15 is 0 Å². The maximum Gasteiger partial charge on any atom is 0.337 e. The predicted octanol–water partition coefficient (Wildman–Crippen LogP) is 2.33. The number of carbonyl (C=O) groups is 1. The number of aromatic carboxylic acids is 1. The highest BCUT2D eigenvalue weighted by molar-refractivity contribution is 7.14. The lowest BCUT2D eigenvalue weighted by Gasteiger charge is -2.06. The number of fused-ring (bicyclic) bond motifs is 1. The van der Waals surface area contributed by atoms with E-state index in [1.54, 1.807) is 12.1 Å². The van der Waals surface area contributed by atoms with Gasteiger partial charge in [0.1, 0.15) is 0 Å². The Labute approximate surface area is 117 Å². The zero-order chi connectivity index (χ0) is 14.3. The van der Waals surface area contributed by atoms with Gasteiger partial charge in [0.2, 0.25) is 0 Å². The second-order valence-electron chi connectivity index (χ2n) is 4.27. The molecule has 0 amide bonds. The van der Waals surface area contributed by atoms with Gasteiger partial charge >= 0.3 is 5.97 Å². The van der Waals surface area contributed by atoms with Crippen LogP contribution < -0.4 is 11.3 Å². The molecule has 1 aromatic heterocycles. The van der Waals surface area contributed by atoms with Gasteiger partial charge < -0.3 is 10.8 Å². The second kappa shape index (κ2) is 4.50. The van der Waals surface area contributed by atoms with Crippen molar-refractivity contribution < 1.29 is 9.90 Å². The Balaban J connectivity index is 2.36. The monoisotopic (exact) mass is 286 g/mol. The van der Waals surface area contributed by atoms with Crippen LogP contribution in [0.1, 0.15) is 10.4 Å². The fraction of sp³-hybridized carbons (Fsp3) is 0. The molecule has 3 aromatic rings. The van der Waals surface area contributed by atoms with Crippen molar-refractivity contribution in [2.45, 2.75) is 0 Å². The van der Waals surface area contributed by atoms with Crippen LogP contribution in [0.15, 0.2) is 47.3 Å². The van der Waals surface area contributed by atoms with Gasteiger partial charge in [-0.15, -0.1) is 0 Å². The number of anilines is 1. The van der Waals surface area contributed by atoms with E-state index in [-0.39, 0.29) is 11.1 Å². The molecule has 0 unspecified atom stereocenters. The van der Waals surface area contributed by atoms with Gasteiger partial charge in [-0.3, -0.25) is 4.79 Å². The molecule has 6 heteroatoms. The molecule has 3 rings (SSSR count). The predicted molar refractivity (Wildman–Crippen MR) is 78.8 cm³/mol. The molecule has 0 spiro atoms. The number of hydrogen-bond donors (Lipinski definition) is 2. The number of rotatable bonds is 2. The number of aromatic nitrogens is 1. The summed E-state index contributed by atoms with van der Waals surface area (Å²) >= 11 is 1.20. The van der Waals surface area contributed by atoms with E-state index in [1.807, 2.05) is 12.1 Å². The van der Waals surface area contributed by atoms with E-state index in [1.165, 1.54) is 33.7 Å². The first-order valence-electron chi connectivity index (χ1n) is 5.82. The van der Waals surface area contributed by atoms with Crippen LogP contribution >= 0.6 is 11.5 Å². The van der Waals surface area contributed by atoms with Crippen molar-refractivity contribution in [3.8, 4) is 5.69 Å². The fourth-order valence-corrected chi connectivity index (χ4v) is 3.05. The van der Waals surface area contributed by atoms with Crippen LogP contribution in [0.2, 0.25) is 0 Å². The Morgan fingerprint density at radius 1 is 1.20 bits per heavy atom. The van der Waals surface area contributed by atoms with Crippen LogP contribution in [0, 0.1) is 0 Å². The number of benzene rings is 2. The quantitative estimate of drug-likeness (QED) is 0.708. The van der Waals surface area contributed by atoms with Crippen LogP contribution in [0.4, 0.5) is 5.69 Å². The molecule has 0 atom stereocenters. The average Bonchev–Trinajstić information content (AvgIpc) is 2.76. The third-order valence-electron chi connectivity index (χ3n) is 2.96. The number of hydrogen-bond acceptors (Lipinski definition) is 4. The molecule has 2 aromatic carbocycles. The minimum atomic E-state index is -1.09. The molecule has 5 nitrogen and oxygen atoms in total. The SMILES string of the molecule is Nc1ccc(C(=O)O)c(-n2sc3ccccc3c2=O)c1. The molecular weight excluding hydrogens is 276 g/mol. The van der Waals surface area contributed by atoms with Crippen molar-refractivity contribution in [2.75, 3.05) is 5.73 Å². The number of nitrogens with zero attached hydrogens (tertiary/aromatic N) is 1. The summed E-state index contributed by atoms with van der Waals surface area (Å²) in [5.41, 5.74) is 6.22. The summed E-state index contributed by atoms with van der Waals surface area (Å²) in [5, 5.41) is 9.80. The Bertz CT molecular complexity index is 880. The van der Waals surface area contributed by atoms with Crippen molar-refractivity contribution in [1.29, 1.82) is 0 Å². The molecule has 0 aliphatic rings. The highest BCUT2D eigenvalue weighted by atomic mass is 32.1. The summed E-state index contributed by atoms with van der Waals surface area (Å²) in [7, 11) is 0. The first-order chi connectivity index (χ1) is 9.58. The molecule has 0 saturated carbocycles. The average molecular weight is 286 g/mol. The molecule has 0 radical (unpaired) electrons. The van der Waals surface area contributed by atoms with Crippen molar-refractivity contribution >= 4 is 33.3 Å². The van der Waals surface area contributed by atoms with Gasteiger partial charge in [0.05, 0.1) is 21.3 Å². The Kier molecular flexibility index (Phi) is 2.80. The van der Waals surface area contributed by atoms with Crippen LogP contribution in [0.5, 0.6) is 0 Å². The molecule has 0 saturated heterocycles. The zero-order valence-corrected chi connectivity index (χ0v) is 11.1. The normalized spacial score (nSPS) is 10.8. The Hall–Kier alpha value is -2.60. The zero-order valence-electron chi connectivity index (χ0n) is 10.2. The fourth-order valence-electron chi connectivity index (χ4n) is 2.03. The lowest BCUT2D eigenvalue weighted by Crippen LogP contribution is -2.14. The molecule has 100 valence electrons. The number of carboxylic acid groups (broad SMARTS) is 1. The summed E-state index contributed by atoms with van der Waals surface area (Å²) in [5.74, 6) is -1.09. The highest BCUT2D eigenvalue weighted by Crippen LogP contribution is 2.23. The van der Waals surface area contributed by atoms with Crippen molar-refractivity contribution in [3.63, 3.8) is 0 Å². The minimum Gasteiger partial charge on any atom is -0.478 e. The van der Waals surface area contributed by atoms with E-state index < -0.39 is 5.97 Å². The lowest BCUT2D eigenvalue weighted by atomic mass is 10.1. The van der Waals surface area contributed by atoms with E-state index in [4.69, 9.17) is 5.73 Å². The first-order valence-corrected chi connectivity index (χ1v) is 6.59.